The number of rotatable bonds is 5. The monoisotopic (exact) mass is 316 g/mol. The lowest BCUT2D eigenvalue weighted by atomic mass is 10.3. The summed E-state index contributed by atoms with van der Waals surface area (Å²) in [5, 5.41) is 4.11. The first-order valence-electron chi connectivity index (χ1n) is 6.37. The topological polar surface area (TPSA) is 67.4 Å². The molecule has 8 heteroatoms. The van der Waals surface area contributed by atoms with E-state index in [2.05, 4.69) is 15.3 Å². The molecule has 20 heavy (non-hydrogen) atoms. The maximum Gasteiger partial charge on any atom is 0.224 e. The van der Waals surface area contributed by atoms with Gasteiger partial charge in [-0.3, -0.25) is 4.79 Å². The van der Waals surface area contributed by atoms with Crippen LogP contribution in [-0.4, -0.2) is 59.9 Å². The molecule has 2 rings (SSSR count). The number of thioether (sulfide) groups is 1. The summed E-state index contributed by atoms with van der Waals surface area (Å²) in [6, 6.07) is 1.65. The number of morpholine rings is 1. The molecule has 0 bridgehead atoms. The highest BCUT2D eigenvalue weighted by Gasteiger charge is 2.16. The van der Waals surface area contributed by atoms with Gasteiger partial charge in [-0.1, -0.05) is 23.4 Å². The number of hydrogen-bond donors (Lipinski definition) is 1. The SMILES string of the molecule is CSc1nc(Cl)cc(NCCC(=O)N2CCOCC2)n1. The van der Waals surface area contributed by atoms with Crippen LogP contribution in [0.1, 0.15) is 6.42 Å². The van der Waals surface area contributed by atoms with Crippen molar-refractivity contribution < 1.29 is 9.53 Å². The predicted molar refractivity (Wildman–Crippen MR) is 79.3 cm³/mol. The van der Waals surface area contributed by atoms with Crippen molar-refractivity contribution >= 4 is 35.1 Å². The van der Waals surface area contributed by atoms with Gasteiger partial charge in [0.05, 0.1) is 13.2 Å². The van der Waals surface area contributed by atoms with Crippen LogP contribution in [0.2, 0.25) is 5.15 Å². The molecule has 1 N–H and O–H groups in total. The van der Waals surface area contributed by atoms with Crippen molar-refractivity contribution in [2.75, 3.05) is 44.4 Å². The van der Waals surface area contributed by atoms with Gasteiger partial charge in [-0.05, 0) is 6.26 Å². The number of amides is 1. The van der Waals surface area contributed by atoms with Crippen LogP contribution in [0.15, 0.2) is 11.2 Å². The van der Waals surface area contributed by atoms with E-state index in [0.29, 0.717) is 55.4 Å². The van der Waals surface area contributed by atoms with Gasteiger partial charge in [0.25, 0.3) is 0 Å². The van der Waals surface area contributed by atoms with Gasteiger partial charge >= 0.3 is 0 Å². The summed E-state index contributed by atoms with van der Waals surface area (Å²) in [6.45, 7) is 3.12. The third kappa shape index (κ3) is 4.50. The largest absolute Gasteiger partial charge is 0.378 e. The van der Waals surface area contributed by atoms with Crippen LogP contribution < -0.4 is 5.32 Å². The lowest BCUT2D eigenvalue weighted by Crippen LogP contribution is -2.41. The average molecular weight is 317 g/mol. The molecule has 1 aromatic rings. The molecule has 1 aliphatic rings. The zero-order valence-corrected chi connectivity index (χ0v) is 12.8. The molecule has 110 valence electrons. The lowest BCUT2D eigenvalue weighted by molar-refractivity contribution is -0.134. The molecule has 0 unspecified atom stereocenters. The van der Waals surface area contributed by atoms with Crippen molar-refractivity contribution in [2.24, 2.45) is 0 Å². The van der Waals surface area contributed by atoms with E-state index in [-0.39, 0.29) is 5.91 Å². The second kappa shape index (κ2) is 7.66. The van der Waals surface area contributed by atoms with E-state index in [1.54, 1.807) is 6.07 Å². The van der Waals surface area contributed by atoms with E-state index >= 15 is 0 Å². The Balaban J connectivity index is 1.80. The first kappa shape index (κ1) is 15.3. The molecular formula is C12H17ClN4O2S. The minimum Gasteiger partial charge on any atom is -0.378 e. The van der Waals surface area contributed by atoms with Gasteiger partial charge in [-0.2, -0.15) is 0 Å². The Kier molecular flexibility index (Phi) is 5.87. The van der Waals surface area contributed by atoms with Crippen LogP contribution >= 0.6 is 23.4 Å². The second-order valence-corrected chi connectivity index (χ2v) is 5.39. The van der Waals surface area contributed by atoms with Crippen LogP contribution in [0, 0.1) is 0 Å². The third-order valence-electron chi connectivity index (χ3n) is 2.87. The molecule has 0 spiro atoms. The van der Waals surface area contributed by atoms with Crippen molar-refractivity contribution in [3.05, 3.63) is 11.2 Å². The van der Waals surface area contributed by atoms with Gasteiger partial charge in [0.15, 0.2) is 5.16 Å². The molecule has 1 fully saturated rings. The Morgan fingerprint density at radius 3 is 2.95 bits per heavy atom. The predicted octanol–water partition coefficient (Wildman–Crippen LogP) is 1.51. The minimum atomic E-state index is 0.131. The summed E-state index contributed by atoms with van der Waals surface area (Å²) in [4.78, 5) is 22.1. The molecule has 0 aliphatic carbocycles. The van der Waals surface area contributed by atoms with Crippen molar-refractivity contribution in [3.8, 4) is 0 Å². The van der Waals surface area contributed by atoms with Gasteiger partial charge in [0.2, 0.25) is 5.91 Å². The van der Waals surface area contributed by atoms with Gasteiger partial charge in [-0.25, -0.2) is 9.97 Å². The highest BCUT2D eigenvalue weighted by Crippen LogP contribution is 2.17. The van der Waals surface area contributed by atoms with Crippen LogP contribution in [0.25, 0.3) is 0 Å². The fraction of sp³-hybridized carbons (Fsp3) is 0.583. The van der Waals surface area contributed by atoms with E-state index in [4.69, 9.17) is 16.3 Å². The van der Waals surface area contributed by atoms with Crippen LogP contribution in [0.5, 0.6) is 0 Å². The van der Waals surface area contributed by atoms with E-state index in [1.165, 1.54) is 11.8 Å². The molecule has 1 aromatic heterocycles. The first-order chi connectivity index (χ1) is 9.69. The standard InChI is InChI=1S/C12H17ClN4O2S/c1-20-12-15-9(13)8-10(16-12)14-3-2-11(18)17-4-6-19-7-5-17/h8H,2-7H2,1H3,(H,14,15,16). The smallest absolute Gasteiger partial charge is 0.224 e. The number of nitrogens with one attached hydrogen (secondary N) is 1. The number of halogens is 1. The molecule has 2 heterocycles. The Bertz CT molecular complexity index is 469. The summed E-state index contributed by atoms with van der Waals surface area (Å²) in [5.41, 5.74) is 0. The fourth-order valence-electron chi connectivity index (χ4n) is 1.85. The Morgan fingerprint density at radius 1 is 1.50 bits per heavy atom. The highest BCUT2D eigenvalue weighted by molar-refractivity contribution is 7.98. The molecule has 1 amide bonds. The number of anilines is 1. The zero-order chi connectivity index (χ0) is 14.4. The molecule has 1 saturated heterocycles. The van der Waals surface area contributed by atoms with E-state index < -0.39 is 0 Å². The van der Waals surface area contributed by atoms with Gasteiger partial charge in [0.1, 0.15) is 11.0 Å². The fourth-order valence-corrected chi connectivity index (χ4v) is 2.46. The van der Waals surface area contributed by atoms with E-state index in [0.717, 1.165) is 0 Å². The number of ether oxygens (including phenoxy) is 1. The summed E-state index contributed by atoms with van der Waals surface area (Å²) in [5.74, 6) is 0.773. The maximum atomic E-state index is 11.9. The van der Waals surface area contributed by atoms with Gasteiger partial charge in [0, 0.05) is 32.1 Å². The number of hydrogen-bond acceptors (Lipinski definition) is 6. The number of carbonyl (C=O) groups is 1. The Labute approximate surface area is 127 Å². The molecule has 1 aliphatic heterocycles. The van der Waals surface area contributed by atoms with Crippen LogP contribution in [0.4, 0.5) is 5.82 Å². The normalized spacial score (nSPS) is 15.2. The zero-order valence-electron chi connectivity index (χ0n) is 11.3. The Hall–Kier alpha value is -1.05. The molecule has 0 radical (unpaired) electrons. The third-order valence-corrected chi connectivity index (χ3v) is 3.61. The summed E-state index contributed by atoms with van der Waals surface area (Å²) >= 11 is 7.32. The number of nitrogens with zero attached hydrogens (tertiary/aromatic N) is 3. The summed E-state index contributed by atoms with van der Waals surface area (Å²) in [6.07, 6.45) is 2.31. The molecule has 6 nitrogen and oxygen atoms in total. The molecule has 0 atom stereocenters. The Morgan fingerprint density at radius 2 is 2.25 bits per heavy atom. The van der Waals surface area contributed by atoms with E-state index in [9.17, 15) is 4.79 Å². The maximum absolute atomic E-state index is 11.9. The van der Waals surface area contributed by atoms with Crippen molar-refractivity contribution in [1.82, 2.24) is 14.9 Å². The average Bonchev–Trinajstić information content (AvgIpc) is 2.47. The number of aromatic nitrogens is 2. The molecule has 0 saturated carbocycles. The minimum absolute atomic E-state index is 0.131. The quantitative estimate of drug-likeness (QED) is 0.504. The second-order valence-electron chi connectivity index (χ2n) is 4.23. The van der Waals surface area contributed by atoms with E-state index in [1.807, 2.05) is 11.2 Å². The summed E-state index contributed by atoms with van der Waals surface area (Å²) in [7, 11) is 0. The van der Waals surface area contributed by atoms with Crippen molar-refractivity contribution in [2.45, 2.75) is 11.6 Å². The first-order valence-corrected chi connectivity index (χ1v) is 7.97. The molecule has 0 aromatic carbocycles. The summed E-state index contributed by atoms with van der Waals surface area (Å²) < 4.78 is 5.22. The van der Waals surface area contributed by atoms with Gasteiger partial charge in [-0.15, -0.1) is 0 Å². The van der Waals surface area contributed by atoms with Crippen LogP contribution in [-0.2, 0) is 9.53 Å². The van der Waals surface area contributed by atoms with Gasteiger partial charge < -0.3 is 15.0 Å². The number of carbonyl (C=O) groups excluding carboxylic acids is 1. The lowest BCUT2D eigenvalue weighted by Gasteiger charge is -2.26. The van der Waals surface area contributed by atoms with Crippen molar-refractivity contribution in [3.63, 3.8) is 0 Å². The van der Waals surface area contributed by atoms with Crippen molar-refractivity contribution in [1.29, 1.82) is 0 Å². The molecular weight excluding hydrogens is 300 g/mol. The van der Waals surface area contributed by atoms with Crippen LogP contribution in [0.3, 0.4) is 0 Å². The highest BCUT2D eigenvalue weighted by atomic mass is 35.5.